The van der Waals surface area contributed by atoms with Crippen LogP contribution in [0.4, 0.5) is 0 Å². The molecule has 4 fully saturated rings. The molecular formula is C16H25NO3. The molecule has 0 aromatic heterocycles. The Morgan fingerprint density at radius 2 is 1.90 bits per heavy atom. The van der Waals surface area contributed by atoms with Gasteiger partial charge in [-0.1, -0.05) is 6.92 Å². The van der Waals surface area contributed by atoms with Crippen LogP contribution < -0.4 is 0 Å². The number of rotatable bonds is 0. The van der Waals surface area contributed by atoms with Crippen molar-refractivity contribution in [2.45, 2.75) is 63.2 Å². The zero-order valence-electron chi connectivity index (χ0n) is 12.2. The Bertz CT molecular complexity index is 453. The van der Waals surface area contributed by atoms with Crippen molar-refractivity contribution in [3.63, 3.8) is 0 Å². The van der Waals surface area contributed by atoms with Gasteiger partial charge in [0.05, 0.1) is 17.7 Å². The number of piperidine rings is 1. The quantitative estimate of drug-likeness (QED) is 0.693. The van der Waals surface area contributed by atoms with Crippen LogP contribution in [0.2, 0.25) is 0 Å². The summed E-state index contributed by atoms with van der Waals surface area (Å²) in [6.45, 7) is 3.97. The number of ketones is 1. The first-order valence-electron chi connectivity index (χ1n) is 8.18. The van der Waals surface area contributed by atoms with Crippen molar-refractivity contribution in [2.75, 3.05) is 13.1 Å². The lowest BCUT2D eigenvalue weighted by Gasteiger charge is -2.59. The summed E-state index contributed by atoms with van der Waals surface area (Å²) in [5.41, 5.74) is -0.818. The number of aliphatic hydroxyl groups excluding tert-OH is 2. The van der Waals surface area contributed by atoms with Crippen LogP contribution in [0.15, 0.2) is 0 Å². The Balaban J connectivity index is 1.88. The Hall–Kier alpha value is -0.450. The van der Waals surface area contributed by atoms with Gasteiger partial charge in [0.1, 0.15) is 0 Å². The molecule has 20 heavy (non-hydrogen) atoms. The van der Waals surface area contributed by atoms with Crippen LogP contribution in [-0.4, -0.2) is 51.7 Å². The van der Waals surface area contributed by atoms with E-state index < -0.39 is 17.7 Å². The van der Waals surface area contributed by atoms with Crippen LogP contribution >= 0.6 is 0 Å². The van der Waals surface area contributed by atoms with Gasteiger partial charge in [-0.2, -0.15) is 0 Å². The monoisotopic (exact) mass is 279 g/mol. The molecule has 0 aromatic rings. The summed E-state index contributed by atoms with van der Waals surface area (Å²) in [6.07, 6.45) is 4.15. The number of aliphatic hydroxyl groups is 2. The molecule has 6 atom stereocenters. The smallest absolute Gasteiger partial charge is 0.154 e. The van der Waals surface area contributed by atoms with Crippen molar-refractivity contribution in [1.82, 2.24) is 4.90 Å². The van der Waals surface area contributed by atoms with Gasteiger partial charge in [0.2, 0.25) is 0 Å². The first-order valence-corrected chi connectivity index (χ1v) is 8.18. The summed E-state index contributed by atoms with van der Waals surface area (Å²) in [7, 11) is 0. The van der Waals surface area contributed by atoms with Crippen molar-refractivity contribution >= 4 is 5.78 Å². The molecule has 112 valence electrons. The Labute approximate surface area is 120 Å². The molecule has 2 heterocycles. The summed E-state index contributed by atoms with van der Waals surface area (Å²) in [6, 6.07) is 0. The van der Waals surface area contributed by atoms with Crippen LogP contribution in [0.25, 0.3) is 0 Å². The minimum Gasteiger partial charge on any atom is -0.393 e. The van der Waals surface area contributed by atoms with Crippen molar-refractivity contribution < 1.29 is 15.0 Å². The highest BCUT2D eigenvalue weighted by Crippen LogP contribution is 2.65. The van der Waals surface area contributed by atoms with Crippen molar-refractivity contribution in [3.05, 3.63) is 0 Å². The summed E-state index contributed by atoms with van der Waals surface area (Å²) in [5, 5.41) is 21.6. The molecule has 2 saturated carbocycles. The molecule has 0 aromatic carbocycles. The molecular weight excluding hydrogens is 254 g/mol. The van der Waals surface area contributed by atoms with E-state index in [2.05, 4.69) is 4.90 Å². The zero-order valence-corrected chi connectivity index (χ0v) is 12.2. The van der Waals surface area contributed by atoms with E-state index in [1.807, 2.05) is 6.92 Å². The lowest BCUT2D eigenvalue weighted by Crippen LogP contribution is -2.69. The van der Waals surface area contributed by atoms with E-state index in [1.165, 1.54) is 0 Å². The minimum atomic E-state index is -0.448. The highest BCUT2D eigenvalue weighted by Gasteiger charge is 2.74. The fourth-order valence-corrected chi connectivity index (χ4v) is 6.31. The van der Waals surface area contributed by atoms with E-state index in [0.717, 1.165) is 38.8 Å². The predicted molar refractivity (Wildman–Crippen MR) is 74.1 cm³/mol. The molecule has 4 nitrogen and oxygen atoms in total. The summed E-state index contributed by atoms with van der Waals surface area (Å²) in [5.74, 6) is 0.363. The van der Waals surface area contributed by atoms with Gasteiger partial charge in [0.25, 0.3) is 0 Å². The van der Waals surface area contributed by atoms with Crippen LogP contribution in [0, 0.1) is 17.3 Å². The van der Waals surface area contributed by atoms with E-state index >= 15 is 0 Å². The molecule has 0 bridgehead atoms. The maximum atomic E-state index is 12.9. The fourth-order valence-electron chi connectivity index (χ4n) is 6.31. The number of carbonyl (C=O) groups is 1. The van der Waals surface area contributed by atoms with Gasteiger partial charge in [-0.25, -0.2) is 0 Å². The molecule has 4 rings (SSSR count). The predicted octanol–water partition coefficient (Wildman–Crippen LogP) is 0.952. The van der Waals surface area contributed by atoms with Gasteiger partial charge >= 0.3 is 0 Å². The normalized spacial score (nSPS) is 55.5. The molecule has 2 N–H and O–H groups in total. The number of hydrogen-bond acceptors (Lipinski definition) is 4. The molecule has 6 unspecified atom stereocenters. The van der Waals surface area contributed by atoms with Crippen LogP contribution in [0.3, 0.4) is 0 Å². The summed E-state index contributed by atoms with van der Waals surface area (Å²) >= 11 is 0. The van der Waals surface area contributed by atoms with Crippen molar-refractivity contribution in [2.24, 2.45) is 17.3 Å². The second-order valence-electron chi connectivity index (χ2n) is 7.55. The average molecular weight is 279 g/mol. The van der Waals surface area contributed by atoms with Crippen LogP contribution in [0.5, 0.6) is 0 Å². The van der Waals surface area contributed by atoms with Gasteiger partial charge in [-0.05, 0) is 51.1 Å². The molecule has 4 heteroatoms. The average Bonchev–Trinajstić information content (AvgIpc) is 2.96. The maximum Gasteiger partial charge on any atom is 0.154 e. The third-order valence-electron chi connectivity index (χ3n) is 7.01. The van der Waals surface area contributed by atoms with Gasteiger partial charge in [-0.3, -0.25) is 9.69 Å². The Kier molecular flexibility index (Phi) is 2.68. The maximum absolute atomic E-state index is 12.9. The Morgan fingerprint density at radius 3 is 2.65 bits per heavy atom. The SMILES string of the molecule is CC1CC(O)C23CCCN4CCCC42C(=O)CC3C1O. The van der Waals surface area contributed by atoms with Gasteiger partial charge < -0.3 is 10.2 Å². The third kappa shape index (κ3) is 1.23. The largest absolute Gasteiger partial charge is 0.393 e. The van der Waals surface area contributed by atoms with Gasteiger partial charge in [0, 0.05) is 17.8 Å². The molecule has 2 saturated heterocycles. The van der Waals surface area contributed by atoms with E-state index in [0.29, 0.717) is 18.6 Å². The number of nitrogens with zero attached hydrogens (tertiary/aromatic N) is 1. The topological polar surface area (TPSA) is 60.8 Å². The number of carbonyl (C=O) groups excluding carboxylic acids is 1. The van der Waals surface area contributed by atoms with Crippen molar-refractivity contribution in [3.8, 4) is 0 Å². The van der Waals surface area contributed by atoms with Gasteiger partial charge in [0.15, 0.2) is 5.78 Å². The molecule has 4 aliphatic rings. The van der Waals surface area contributed by atoms with Gasteiger partial charge in [-0.15, -0.1) is 0 Å². The van der Waals surface area contributed by atoms with Crippen molar-refractivity contribution in [1.29, 1.82) is 0 Å². The minimum absolute atomic E-state index is 0.0327. The molecule has 2 aliphatic carbocycles. The van der Waals surface area contributed by atoms with E-state index in [-0.39, 0.29) is 17.3 Å². The second kappa shape index (κ2) is 4.05. The number of Topliss-reactive ketones (excluding diaryl/α,β-unsaturated/α-hetero) is 1. The molecule has 2 spiro atoms. The lowest BCUT2D eigenvalue weighted by atomic mass is 9.52. The lowest BCUT2D eigenvalue weighted by molar-refractivity contribution is -0.186. The fraction of sp³-hybridized carbons (Fsp3) is 0.938. The second-order valence-corrected chi connectivity index (χ2v) is 7.55. The van der Waals surface area contributed by atoms with E-state index in [1.54, 1.807) is 0 Å². The zero-order chi connectivity index (χ0) is 14.1. The standard InChI is InChI=1S/C16H25NO3/c1-10-8-12(18)15-4-2-6-17-7-3-5-16(15,17)13(19)9-11(15)14(10)20/h10-12,14,18,20H,2-9H2,1H3. The Morgan fingerprint density at radius 1 is 1.20 bits per heavy atom. The molecule has 0 radical (unpaired) electrons. The number of hydrogen-bond donors (Lipinski definition) is 2. The first kappa shape index (κ1) is 13.2. The highest BCUT2D eigenvalue weighted by molar-refractivity contribution is 5.93. The molecule has 0 amide bonds. The summed E-state index contributed by atoms with van der Waals surface area (Å²) in [4.78, 5) is 15.3. The summed E-state index contributed by atoms with van der Waals surface area (Å²) < 4.78 is 0. The highest BCUT2D eigenvalue weighted by atomic mass is 16.3. The molecule has 2 aliphatic heterocycles. The third-order valence-corrected chi connectivity index (χ3v) is 7.01. The van der Waals surface area contributed by atoms with Crippen LogP contribution in [-0.2, 0) is 4.79 Å². The van der Waals surface area contributed by atoms with Crippen LogP contribution in [0.1, 0.15) is 45.4 Å². The van der Waals surface area contributed by atoms with E-state index in [4.69, 9.17) is 0 Å². The first-order chi connectivity index (χ1) is 9.54. The van der Waals surface area contributed by atoms with E-state index in [9.17, 15) is 15.0 Å².